The minimum absolute atomic E-state index is 0.127. The Hall–Kier alpha value is -2.30. The van der Waals surface area contributed by atoms with Crippen molar-refractivity contribution in [3.63, 3.8) is 0 Å². The van der Waals surface area contributed by atoms with E-state index >= 15 is 0 Å². The Labute approximate surface area is 316 Å². The summed E-state index contributed by atoms with van der Waals surface area (Å²) >= 11 is 6.51. The fourth-order valence-corrected chi connectivity index (χ4v) is 12.1. The van der Waals surface area contributed by atoms with Crippen LogP contribution >= 0.6 is 11.6 Å². The smallest absolute Gasteiger partial charge is 0.262 e. The average molecular weight is 752 g/mol. The molecule has 2 bridgehead atoms. The molecule has 8 rings (SSSR count). The maximum Gasteiger partial charge on any atom is 0.262 e. The van der Waals surface area contributed by atoms with E-state index in [1.807, 2.05) is 25.1 Å². The summed E-state index contributed by atoms with van der Waals surface area (Å²) in [4.78, 5) is 18.8. The number of likely N-dealkylation sites (tertiary alicyclic amines) is 1. The number of benzene rings is 2. The molecular weight excluding hydrogens is 694 g/mol. The second kappa shape index (κ2) is 14.1. The molecule has 4 heterocycles. The van der Waals surface area contributed by atoms with Crippen molar-refractivity contribution < 1.29 is 23.2 Å². The standard InChI is InChI=1S/C42H58ClN3O5S/c1-27-8-6-10-35(40-49-23-33(24-50-40)46-19-18-41(46,3)4)34-14-11-31(34)22-45-25-42(17-7-9-29-20-32(43)13-15-36(29)42)26-51-38-16-12-30(21-37(38)45)39(47)44-52(5,48)28(27)2/h12-13,15-16,20-21,27-28,31,33-35,40H,5-11,14,17-19,22-26H2,1-4H3,(H,44,47,48)/t27-,28+,31-,33?,34+,35-,40?,42-,52?/m0/s1. The first-order chi connectivity index (χ1) is 24.8. The highest BCUT2D eigenvalue weighted by molar-refractivity contribution is 7.99. The van der Waals surface area contributed by atoms with Crippen molar-refractivity contribution in [1.29, 1.82) is 0 Å². The van der Waals surface area contributed by atoms with E-state index in [1.54, 1.807) is 6.07 Å². The summed E-state index contributed by atoms with van der Waals surface area (Å²) < 4.78 is 37.0. The fourth-order valence-electron chi connectivity index (χ4n) is 10.4. The summed E-state index contributed by atoms with van der Waals surface area (Å²) in [6.07, 6.45) is 9.30. The number of ether oxygens (including phenoxy) is 3. The van der Waals surface area contributed by atoms with Crippen LogP contribution in [0.15, 0.2) is 36.4 Å². The summed E-state index contributed by atoms with van der Waals surface area (Å²) in [6, 6.07) is 12.4. The van der Waals surface area contributed by atoms with Gasteiger partial charge in [0.15, 0.2) is 6.29 Å². The van der Waals surface area contributed by atoms with Gasteiger partial charge >= 0.3 is 0 Å². The van der Waals surface area contributed by atoms with E-state index in [9.17, 15) is 9.00 Å². The monoisotopic (exact) mass is 751 g/mol. The van der Waals surface area contributed by atoms with Crippen LogP contribution in [0.25, 0.3) is 0 Å². The van der Waals surface area contributed by atoms with Crippen molar-refractivity contribution in [2.45, 2.75) is 114 Å². The van der Waals surface area contributed by atoms with Crippen LogP contribution in [0.5, 0.6) is 5.75 Å². The molecule has 10 heteroatoms. The van der Waals surface area contributed by atoms with E-state index < -0.39 is 9.71 Å². The second-order valence-corrected chi connectivity index (χ2v) is 20.5. The molecule has 2 aromatic carbocycles. The van der Waals surface area contributed by atoms with Crippen LogP contribution in [0.1, 0.15) is 101 Å². The molecule has 1 unspecified atom stereocenters. The van der Waals surface area contributed by atoms with Gasteiger partial charge in [-0.15, -0.1) is 0 Å². The van der Waals surface area contributed by atoms with Crippen LogP contribution in [0.4, 0.5) is 5.69 Å². The number of carbonyl (C=O) groups is 1. The van der Waals surface area contributed by atoms with Crippen molar-refractivity contribution >= 4 is 38.8 Å². The first-order valence-corrected chi connectivity index (χ1v) is 22.0. The lowest BCUT2D eigenvalue weighted by Gasteiger charge is -2.54. The molecular formula is C42H58ClN3O5S. The predicted octanol–water partition coefficient (Wildman–Crippen LogP) is 7.25. The highest BCUT2D eigenvalue weighted by Crippen LogP contribution is 2.49. The number of rotatable bonds is 2. The molecule has 8 nitrogen and oxygen atoms in total. The van der Waals surface area contributed by atoms with Crippen molar-refractivity contribution in [1.82, 2.24) is 9.62 Å². The number of fused-ring (bicyclic) bond motifs is 4. The maximum atomic E-state index is 14.0. The van der Waals surface area contributed by atoms with Gasteiger partial charge in [0.05, 0.1) is 41.3 Å². The van der Waals surface area contributed by atoms with Crippen LogP contribution < -0.4 is 14.4 Å². The molecule has 2 aromatic rings. The highest BCUT2D eigenvalue weighted by Gasteiger charge is 2.48. The van der Waals surface area contributed by atoms with Crippen molar-refractivity contribution in [3.8, 4) is 5.75 Å². The summed E-state index contributed by atoms with van der Waals surface area (Å²) in [7, 11) is -2.91. The van der Waals surface area contributed by atoms with E-state index in [0.29, 0.717) is 43.3 Å². The van der Waals surface area contributed by atoms with Gasteiger partial charge in [-0.25, -0.2) is 4.21 Å². The number of nitrogens with zero attached hydrogens (tertiary/aromatic N) is 2. The maximum absolute atomic E-state index is 14.0. The highest BCUT2D eigenvalue weighted by atomic mass is 35.5. The van der Waals surface area contributed by atoms with Crippen molar-refractivity contribution in [3.05, 3.63) is 58.1 Å². The number of anilines is 1. The molecule has 3 fully saturated rings. The SMILES string of the molecule is C=S1(=O)NC(=O)c2ccc3c(c2)N(C[C@@H]2CC[C@H]2[C@@H](C2OCC(N4CCC4(C)C)CO2)CCC[C@H](C)[C@H]1C)C[C@@]1(CCCc2cc(Cl)ccc21)CO3. The van der Waals surface area contributed by atoms with Crippen LogP contribution in [0.3, 0.4) is 0 Å². The number of hydrogen-bond donors (Lipinski definition) is 1. The third-order valence-electron chi connectivity index (χ3n) is 14.1. The molecule has 1 amide bonds. The Kier molecular flexibility index (Phi) is 9.93. The van der Waals surface area contributed by atoms with Gasteiger partial charge in [-0.05, 0) is 137 Å². The molecule has 52 heavy (non-hydrogen) atoms. The van der Waals surface area contributed by atoms with E-state index in [-0.39, 0.29) is 40.2 Å². The van der Waals surface area contributed by atoms with E-state index in [4.69, 9.17) is 25.8 Å². The lowest BCUT2D eigenvalue weighted by Crippen LogP contribution is -2.64. The molecule has 284 valence electrons. The Bertz CT molecular complexity index is 1780. The molecule has 0 radical (unpaired) electrons. The molecule has 2 aliphatic carbocycles. The fraction of sp³-hybridized carbons (Fsp3) is 0.667. The number of halogens is 1. The second-order valence-electron chi connectivity index (χ2n) is 17.7. The summed E-state index contributed by atoms with van der Waals surface area (Å²) in [5, 5.41) is 0.498. The molecule has 2 saturated heterocycles. The molecule has 4 aliphatic heterocycles. The molecule has 0 aromatic heterocycles. The first kappa shape index (κ1) is 36.7. The number of carbonyl (C=O) groups excluding carboxylic acids is 1. The number of aryl methyl sites for hydroxylation is 1. The van der Waals surface area contributed by atoms with Crippen LogP contribution in [0.2, 0.25) is 5.02 Å². The Morgan fingerprint density at radius 2 is 1.79 bits per heavy atom. The lowest BCUT2D eigenvalue weighted by atomic mass is 9.64. The van der Waals surface area contributed by atoms with Gasteiger partial charge in [0.2, 0.25) is 0 Å². The predicted molar refractivity (Wildman–Crippen MR) is 210 cm³/mol. The third-order valence-corrected chi connectivity index (χ3v) is 16.5. The minimum Gasteiger partial charge on any atom is -0.490 e. The first-order valence-electron chi connectivity index (χ1n) is 19.8. The van der Waals surface area contributed by atoms with Gasteiger partial charge in [0.1, 0.15) is 5.75 Å². The molecule has 7 atom stereocenters. The Morgan fingerprint density at radius 1 is 0.981 bits per heavy atom. The zero-order valence-electron chi connectivity index (χ0n) is 31.5. The zero-order valence-corrected chi connectivity index (χ0v) is 33.1. The van der Waals surface area contributed by atoms with Crippen LogP contribution in [-0.4, -0.2) is 83.5 Å². The lowest BCUT2D eigenvalue weighted by molar-refractivity contribution is -0.255. The van der Waals surface area contributed by atoms with Gasteiger partial charge in [0.25, 0.3) is 5.91 Å². The van der Waals surface area contributed by atoms with Gasteiger partial charge in [0, 0.05) is 52.3 Å². The van der Waals surface area contributed by atoms with Crippen molar-refractivity contribution in [2.24, 2.45) is 23.7 Å². The van der Waals surface area contributed by atoms with Crippen LogP contribution in [-0.2, 0) is 31.0 Å². The normalized spacial score (nSPS) is 38.1. The zero-order chi connectivity index (χ0) is 36.4. The number of hydrogen-bond acceptors (Lipinski definition) is 7. The van der Waals surface area contributed by atoms with E-state index in [2.05, 4.69) is 53.3 Å². The minimum atomic E-state index is -2.91. The van der Waals surface area contributed by atoms with Gasteiger partial charge in [-0.2, -0.15) is 0 Å². The third kappa shape index (κ3) is 6.80. The molecule has 1 saturated carbocycles. The quantitative estimate of drug-likeness (QED) is 0.324. The van der Waals surface area contributed by atoms with Crippen molar-refractivity contribution in [2.75, 3.05) is 44.4 Å². The largest absolute Gasteiger partial charge is 0.490 e. The molecule has 6 aliphatic rings. The number of nitrogens with one attached hydrogen (secondary N) is 1. The van der Waals surface area contributed by atoms with E-state index in [0.717, 1.165) is 87.5 Å². The number of amides is 1. The van der Waals surface area contributed by atoms with E-state index in [1.165, 1.54) is 17.5 Å². The summed E-state index contributed by atoms with van der Waals surface area (Å²) in [5.74, 6) is 5.86. The van der Waals surface area contributed by atoms with Gasteiger partial charge in [-0.1, -0.05) is 31.0 Å². The molecule has 1 spiro atoms. The van der Waals surface area contributed by atoms with Gasteiger partial charge in [-0.3, -0.25) is 14.4 Å². The molecule has 1 N–H and O–H groups in total. The van der Waals surface area contributed by atoms with Gasteiger partial charge < -0.3 is 19.1 Å². The Balaban J connectivity index is 1.13. The van der Waals surface area contributed by atoms with Crippen LogP contribution in [0, 0.1) is 23.7 Å². The Morgan fingerprint density at radius 3 is 2.50 bits per heavy atom. The average Bonchev–Trinajstić information content (AvgIpc) is 3.25. The topological polar surface area (TPSA) is 80.3 Å². The summed E-state index contributed by atoms with van der Waals surface area (Å²) in [5.41, 5.74) is 4.05. The summed E-state index contributed by atoms with van der Waals surface area (Å²) in [6.45, 7) is 13.5.